The number of amides is 2. The van der Waals surface area contributed by atoms with Crippen LogP contribution < -0.4 is 5.32 Å². The van der Waals surface area contributed by atoms with Crippen molar-refractivity contribution in [2.24, 2.45) is 12.0 Å². The number of likely N-dealkylation sites (tertiary alicyclic amines) is 1. The summed E-state index contributed by atoms with van der Waals surface area (Å²) in [5.41, 5.74) is 0.401. The van der Waals surface area contributed by atoms with Crippen molar-refractivity contribution < 1.29 is 23.6 Å². The van der Waals surface area contributed by atoms with E-state index < -0.39 is 29.4 Å². The summed E-state index contributed by atoms with van der Waals surface area (Å²) in [7, 11) is 1.98. The average Bonchev–Trinajstić information content (AvgIpc) is 3.50. The summed E-state index contributed by atoms with van der Waals surface area (Å²) in [5.74, 6) is 0.828. The van der Waals surface area contributed by atoms with Gasteiger partial charge in [0.1, 0.15) is 17.2 Å². The number of fused-ring (bicyclic) bond motifs is 1. The second-order valence-corrected chi connectivity index (χ2v) is 11.1. The quantitative estimate of drug-likeness (QED) is 0.369. The van der Waals surface area contributed by atoms with E-state index in [1.165, 1.54) is 0 Å². The molecule has 3 aromatic rings. The lowest BCUT2D eigenvalue weighted by atomic mass is 10.1. The zero-order valence-electron chi connectivity index (χ0n) is 22.4. The standard InChI is InChI=1S/C26H34N6O5/c1-25(2,3)35-23(33)28-22(29-24(34)36-26(4,5)6)32-13-8-9-18(32)21-27-20(30-37-21)17-11-10-16-12-14-31(7)19(16)15-17/h10-12,14-15,18H,8-9,13H2,1-7H3,(H,28,29,33,34)/t18-/m0/s1. The number of aliphatic imine (C=N–C) groups is 1. The van der Waals surface area contributed by atoms with Crippen LogP contribution in [0, 0.1) is 0 Å². The van der Waals surface area contributed by atoms with Crippen molar-refractivity contribution in [3.63, 3.8) is 0 Å². The van der Waals surface area contributed by atoms with Gasteiger partial charge in [0.15, 0.2) is 0 Å². The van der Waals surface area contributed by atoms with Crippen LogP contribution in [-0.2, 0) is 16.5 Å². The minimum atomic E-state index is -0.828. The maximum absolute atomic E-state index is 12.6. The normalized spacial score (nSPS) is 16.8. The van der Waals surface area contributed by atoms with E-state index in [9.17, 15) is 9.59 Å². The Bertz CT molecular complexity index is 1330. The number of carbonyl (C=O) groups is 2. The van der Waals surface area contributed by atoms with E-state index in [1.807, 2.05) is 42.1 Å². The molecule has 0 unspecified atom stereocenters. The summed E-state index contributed by atoms with van der Waals surface area (Å²) in [6.07, 6.45) is 1.87. The summed E-state index contributed by atoms with van der Waals surface area (Å²) in [5, 5.41) is 7.93. The highest BCUT2D eigenvalue weighted by Gasteiger charge is 2.35. The topological polar surface area (TPSA) is 124 Å². The lowest BCUT2D eigenvalue weighted by molar-refractivity contribution is 0.0553. The molecule has 0 spiro atoms. The molecule has 11 nitrogen and oxygen atoms in total. The Balaban J connectivity index is 1.61. The molecule has 1 atom stereocenters. The van der Waals surface area contributed by atoms with Gasteiger partial charge in [0.2, 0.25) is 17.7 Å². The second-order valence-electron chi connectivity index (χ2n) is 11.1. The Labute approximate surface area is 215 Å². The molecule has 1 aromatic carbocycles. The summed E-state index contributed by atoms with van der Waals surface area (Å²) < 4.78 is 18.4. The number of aryl methyl sites for hydroxylation is 1. The Morgan fingerprint density at radius 1 is 1.11 bits per heavy atom. The number of hydrogen-bond acceptors (Lipinski definition) is 7. The minimum absolute atomic E-state index is 0.0102. The van der Waals surface area contributed by atoms with Crippen LogP contribution >= 0.6 is 0 Å². The van der Waals surface area contributed by atoms with Crippen LogP contribution in [0.5, 0.6) is 0 Å². The van der Waals surface area contributed by atoms with Gasteiger partial charge in [0.25, 0.3) is 0 Å². The molecule has 198 valence electrons. The molecule has 4 rings (SSSR count). The lowest BCUT2D eigenvalue weighted by Crippen LogP contribution is -2.46. The molecule has 1 aliphatic rings. The number of benzene rings is 1. The summed E-state index contributed by atoms with van der Waals surface area (Å²) in [4.78, 5) is 35.6. The molecule has 0 radical (unpaired) electrons. The molecule has 2 aromatic heterocycles. The Hall–Kier alpha value is -3.89. The molecule has 1 fully saturated rings. The van der Waals surface area contributed by atoms with E-state index >= 15 is 0 Å². The van der Waals surface area contributed by atoms with Gasteiger partial charge >= 0.3 is 12.2 Å². The third kappa shape index (κ3) is 6.46. The molecular formula is C26H34N6O5. The van der Waals surface area contributed by atoms with Gasteiger partial charge in [-0.1, -0.05) is 17.3 Å². The predicted molar refractivity (Wildman–Crippen MR) is 138 cm³/mol. The molecule has 1 saturated heterocycles. The van der Waals surface area contributed by atoms with Gasteiger partial charge in [0, 0.05) is 30.9 Å². The zero-order chi connectivity index (χ0) is 27.0. The number of rotatable bonds is 2. The fraction of sp³-hybridized carbons (Fsp3) is 0.500. The number of alkyl carbamates (subject to hydrolysis) is 1. The van der Waals surface area contributed by atoms with Gasteiger partial charge in [0.05, 0.1) is 0 Å². The molecule has 37 heavy (non-hydrogen) atoms. The van der Waals surface area contributed by atoms with Crippen molar-refractivity contribution >= 4 is 29.0 Å². The van der Waals surface area contributed by atoms with Crippen LogP contribution in [0.15, 0.2) is 40.0 Å². The Kier molecular flexibility index (Phi) is 6.98. The number of nitrogens with one attached hydrogen (secondary N) is 1. The van der Waals surface area contributed by atoms with Crippen LogP contribution in [-0.4, -0.2) is 55.5 Å². The summed E-state index contributed by atoms with van der Waals surface area (Å²) in [6, 6.07) is 7.62. The molecule has 2 amide bonds. The van der Waals surface area contributed by atoms with Crippen molar-refractivity contribution in [2.75, 3.05) is 6.54 Å². The Morgan fingerprint density at radius 3 is 2.54 bits per heavy atom. The first-order chi connectivity index (χ1) is 17.3. The van der Waals surface area contributed by atoms with Crippen LogP contribution in [0.25, 0.3) is 22.3 Å². The van der Waals surface area contributed by atoms with Crippen molar-refractivity contribution in [3.8, 4) is 11.4 Å². The van der Waals surface area contributed by atoms with Crippen LogP contribution in [0.4, 0.5) is 9.59 Å². The van der Waals surface area contributed by atoms with Crippen molar-refractivity contribution in [2.45, 2.75) is 71.6 Å². The van der Waals surface area contributed by atoms with Gasteiger partial charge in [-0.25, -0.2) is 9.59 Å². The highest BCUT2D eigenvalue weighted by atomic mass is 16.6. The van der Waals surface area contributed by atoms with E-state index in [-0.39, 0.29) is 5.96 Å². The maximum Gasteiger partial charge on any atom is 0.437 e. The van der Waals surface area contributed by atoms with E-state index in [0.29, 0.717) is 24.7 Å². The Morgan fingerprint density at radius 2 is 1.84 bits per heavy atom. The van der Waals surface area contributed by atoms with E-state index in [4.69, 9.17) is 14.0 Å². The van der Waals surface area contributed by atoms with Crippen LogP contribution in [0.3, 0.4) is 0 Å². The van der Waals surface area contributed by atoms with Crippen LogP contribution in [0.1, 0.15) is 66.3 Å². The molecule has 1 N–H and O–H groups in total. The highest BCUT2D eigenvalue weighted by Crippen LogP contribution is 2.33. The molecule has 1 aliphatic heterocycles. The monoisotopic (exact) mass is 510 g/mol. The summed E-state index contributed by atoms with van der Waals surface area (Å²) >= 11 is 0. The molecule has 0 aliphatic carbocycles. The van der Waals surface area contributed by atoms with E-state index in [0.717, 1.165) is 22.9 Å². The first kappa shape index (κ1) is 26.2. The fourth-order valence-corrected chi connectivity index (χ4v) is 4.10. The second kappa shape index (κ2) is 9.87. The lowest BCUT2D eigenvalue weighted by Gasteiger charge is -2.27. The smallest absolute Gasteiger partial charge is 0.437 e. The van der Waals surface area contributed by atoms with Gasteiger partial charge < -0.3 is 23.5 Å². The number of carbonyl (C=O) groups excluding carboxylic acids is 2. The molecule has 11 heteroatoms. The molecule has 0 saturated carbocycles. The molecule has 0 bridgehead atoms. The molecular weight excluding hydrogens is 476 g/mol. The number of nitrogens with zero attached hydrogens (tertiary/aromatic N) is 5. The number of aromatic nitrogens is 3. The van der Waals surface area contributed by atoms with Gasteiger partial charge in [-0.2, -0.15) is 4.98 Å². The van der Waals surface area contributed by atoms with Gasteiger partial charge in [-0.3, -0.25) is 5.32 Å². The zero-order valence-corrected chi connectivity index (χ0v) is 22.4. The number of ether oxygens (including phenoxy) is 2. The molecule has 3 heterocycles. The SMILES string of the molecule is Cn1ccc2ccc(-c3noc([C@@H]4CCCN4C(=NC(=O)OC(C)(C)C)NC(=O)OC(C)(C)C)n3)cc21. The predicted octanol–water partition coefficient (Wildman–Crippen LogP) is 5.18. The third-order valence-corrected chi connectivity index (χ3v) is 5.60. The van der Waals surface area contributed by atoms with Crippen LogP contribution in [0.2, 0.25) is 0 Å². The fourth-order valence-electron chi connectivity index (χ4n) is 4.10. The van der Waals surface area contributed by atoms with Gasteiger partial charge in [-0.15, -0.1) is 4.99 Å². The van der Waals surface area contributed by atoms with Crippen molar-refractivity contribution in [1.29, 1.82) is 0 Å². The number of guanidine groups is 1. The van der Waals surface area contributed by atoms with Gasteiger partial charge in [-0.05, 0) is 71.9 Å². The van der Waals surface area contributed by atoms with Crippen molar-refractivity contribution in [3.05, 3.63) is 36.4 Å². The average molecular weight is 511 g/mol. The number of hydrogen-bond donors (Lipinski definition) is 1. The maximum atomic E-state index is 12.6. The third-order valence-electron chi connectivity index (χ3n) is 5.60. The highest BCUT2D eigenvalue weighted by molar-refractivity contribution is 5.99. The van der Waals surface area contributed by atoms with E-state index in [1.54, 1.807) is 46.4 Å². The minimum Gasteiger partial charge on any atom is -0.444 e. The first-order valence-electron chi connectivity index (χ1n) is 12.3. The largest absolute Gasteiger partial charge is 0.444 e. The summed E-state index contributed by atoms with van der Waals surface area (Å²) in [6.45, 7) is 11.0. The van der Waals surface area contributed by atoms with E-state index in [2.05, 4.69) is 20.4 Å². The first-order valence-corrected chi connectivity index (χ1v) is 12.3. The van der Waals surface area contributed by atoms with Crippen molar-refractivity contribution in [1.82, 2.24) is 24.9 Å².